The van der Waals surface area contributed by atoms with Crippen LogP contribution in [0.3, 0.4) is 0 Å². The van der Waals surface area contributed by atoms with E-state index >= 15 is 0 Å². The van der Waals surface area contributed by atoms with E-state index in [9.17, 15) is 9.59 Å². The predicted molar refractivity (Wildman–Crippen MR) is 122 cm³/mol. The largest absolute Gasteiger partial charge is 0.359 e. The molecule has 4 rings (SSSR count). The lowest BCUT2D eigenvalue weighted by molar-refractivity contribution is -0.186. The van der Waals surface area contributed by atoms with Crippen LogP contribution in [0.25, 0.3) is 0 Å². The Hall–Kier alpha value is -2.22. The maximum Gasteiger partial charge on any atom is 0.263 e. The van der Waals surface area contributed by atoms with Gasteiger partial charge in [-0.1, -0.05) is 30.3 Å². The quantitative estimate of drug-likeness (QED) is 0.732. The van der Waals surface area contributed by atoms with Gasteiger partial charge in [0.1, 0.15) is 6.10 Å². The van der Waals surface area contributed by atoms with Gasteiger partial charge in [0.05, 0.1) is 10.5 Å². The zero-order valence-corrected chi connectivity index (χ0v) is 19.4. The van der Waals surface area contributed by atoms with Crippen molar-refractivity contribution in [2.45, 2.75) is 38.0 Å². The first-order valence-electron chi connectivity index (χ1n) is 10.9. The Labute approximate surface area is 188 Å². The van der Waals surface area contributed by atoms with Crippen LogP contribution in [-0.2, 0) is 16.1 Å². The number of likely N-dealkylation sites (N-methyl/N-ethyl adjacent to an activating group) is 2. The van der Waals surface area contributed by atoms with Crippen molar-refractivity contribution in [3.05, 3.63) is 57.8 Å². The molecule has 1 atom stereocenters. The minimum Gasteiger partial charge on any atom is -0.359 e. The lowest BCUT2D eigenvalue weighted by Gasteiger charge is -2.49. The summed E-state index contributed by atoms with van der Waals surface area (Å²) in [6.07, 6.45) is 1.02. The van der Waals surface area contributed by atoms with Gasteiger partial charge in [-0.25, -0.2) is 0 Å². The number of amides is 2. The first-order chi connectivity index (χ1) is 14.8. The molecule has 3 heterocycles. The molecule has 1 aromatic heterocycles. The van der Waals surface area contributed by atoms with Gasteiger partial charge < -0.3 is 19.4 Å². The van der Waals surface area contributed by atoms with Gasteiger partial charge in [-0.3, -0.25) is 9.59 Å². The van der Waals surface area contributed by atoms with Crippen LogP contribution in [0.15, 0.2) is 42.5 Å². The van der Waals surface area contributed by atoms with Crippen LogP contribution in [0.4, 0.5) is 0 Å². The summed E-state index contributed by atoms with van der Waals surface area (Å²) in [5.41, 5.74) is 0.733. The van der Waals surface area contributed by atoms with Crippen LogP contribution in [0.2, 0.25) is 0 Å². The number of likely N-dealkylation sites (tertiary alicyclic amines) is 1. The number of carbonyl (C=O) groups excluding carboxylic acids is 2. The topological polar surface area (TPSA) is 53.1 Å². The van der Waals surface area contributed by atoms with E-state index in [4.69, 9.17) is 4.74 Å². The van der Waals surface area contributed by atoms with Gasteiger partial charge in [0.25, 0.3) is 11.8 Å². The second kappa shape index (κ2) is 9.10. The molecule has 0 saturated carbocycles. The number of carbonyl (C=O) groups is 2. The van der Waals surface area contributed by atoms with E-state index in [0.717, 1.165) is 34.7 Å². The third kappa shape index (κ3) is 5.00. The minimum atomic E-state index is -0.477. The lowest BCUT2D eigenvalue weighted by Crippen LogP contribution is -2.61. The number of ether oxygens (including phenoxy) is 1. The van der Waals surface area contributed by atoms with Crippen LogP contribution in [0, 0.1) is 6.92 Å². The van der Waals surface area contributed by atoms with E-state index in [1.54, 1.807) is 16.2 Å². The third-order valence-electron chi connectivity index (χ3n) is 6.26. The fraction of sp³-hybridized carbons (Fsp3) is 0.500. The molecule has 0 bridgehead atoms. The molecular weight excluding hydrogens is 410 g/mol. The van der Waals surface area contributed by atoms with E-state index in [2.05, 4.69) is 4.90 Å². The molecule has 0 unspecified atom stereocenters. The van der Waals surface area contributed by atoms with E-state index < -0.39 is 6.10 Å². The molecule has 2 aromatic rings. The zero-order valence-electron chi connectivity index (χ0n) is 18.5. The van der Waals surface area contributed by atoms with Gasteiger partial charge in [-0.05, 0) is 44.5 Å². The standard InChI is InChI=1S/C24H31N3O3S/c1-18-9-10-21(31-18)23(29)27-13-11-24(12-14-27)17-25(2)16-20(30-24)22(28)26(3)15-19-7-5-4-6-8-19/h4-10,20H,11-17H2,1-3H3/t20-/m1/s1. The average molecular weight is 442 g/mol. The van der Waals surface area contributed by atoms with Gasteiger partial charge in [-0.2, -0.15) is 0 Å². The Morgan fingerprint density at radius 3 is 2.52 bits per heavy atom. The summed E-state index contributed by atoms with van der Waals surface area (Å²) in [6.45, 7) is 5.29. The van der Waals surface area contributed by atoms with Crippen molar-refractivity contribution >= 4 is 23.2 Å². The highest BCUT2D eigenvalue weighted by atomic mass is 32.1. The predicted octanol–water partition coefficient (Wildman–Crippen LogP) is 3.02. The summed E-state index contributed by atoms with van der Waals surface area (Å²) in [6, 6.07) is 13.9. The fourth-order valence-corrected chi connectivity index (χ4v) is 5.46. The summed E-state index contributed by atoms with van der Waals surface area (Å²) in [5.74, 6) is 0.120. The smallest absolute Gasteiger partial charge is 0.263 e. The molecule has 166 valence electrons. The number of hydrogen-bond donors (Lipinski definition) is 0. The SMILES string of the molecule is Cc1ccc(C(=O)N2CCC3(CC2)CN(C)C[C@H](C(=O)N(C)Cc2ccccc2)O3)s1. The number of thiophene rings is 1. The van der Waals surface area contributed by atoms with Crippen LogP contribution < -0.4 is 0 Å². The van der Waals surface area contributed by atoms with Gasteiger partial charge in [0.2, 0.25) is 0 Å². The Bertz CT molecular complexity index is 921. The molecule has 2 saturated heterocycles. The number of morpholine rings is 1. The second-order valence-corrected chi connectivity index (χ2v) is 10.2. The van der Waals surface area contributed by atoms with Crippen molar-refractivity contribution in [2.24, 2.45) is 0 Å². The number of nitrogens with zero attached hydrogens (tertiary/aromatic N) is 3. The number of piperidine rings is 1. The first kappa shape index (κ1) is 22.0. The van der Waals surface area contributed by atoms with E-state index in [0.29, 0.717) is 26.2 Å². The van der Waals surface area contributed by atoms with Crippen molar-refractivity contribution in [3.63, 3.8) is 0 Å². The normalized spacial score (nSPS) is 21.3. The maximum atomic E-state index is 13.1. The molecule has 0 aliphatic carbocycles. The molecule has 2 amide bonds. The Kier molecular flexibility index (Phi) is 6.46. The number of hydrogen-bond acceptors (Lipinski definition) is 5. The summed E-state index contributed by atoms with van der Waals surface area (Å²) in [4.78, 5) is 33.8. The molecule has 2 aliphatic heterocycles. The van der Waals surface area contributed by atoms with Gasteiger partial charge in [-0.15, -0.1) is 11.3 Å². The summed E-state index contributed by atoms with van der Waals surface area (Å²) in [5, 5.41) is 0. The summed E-state index contributed by atoms with van der Waals surface area (Å²) < 4.78 is 6.48. The number of benzene rings is 1. The molecule has 7 heteroatoms. The minimum absolute atomic E-state index is 0.0161. The van der Waals surface area contributed by atoms with Gasteiger partial charge in [0.15, 0.2) is 0 Å². The van der Waals surface area contributed by atoms with E-state index in [1.165, 1.54) is 0 Å². The molecule has 31 heavy (non-hydrogen) atoms. The highest BCUT2D eigenvalue weighted by Gasteiger charge is 2.45. The van der Waals surface area contributed by atoms with Crippen molar-refractivity contribution in [1.82, 2.24) is 14.7 Å². The Balaban J connectivity index is 1.38. The third-order valence-corrected chi connectivity index (χ3v) is 7.24. The maximum absolute atomic E-state index is 13.1. The zero-order chi connectivity index (χ0) is 22.0. The molecule has 1 spiro atoms. The Morgan fingerprint density at radius 1 is 1.16 bits per heavy atom. The highest BCUT2D eigenvalue weighted by molar-refractivity contribution is 7.13. The van der Waals surface area contributed by atoms with Crippen LogP contribution >= 0.6 is 11.3 Å². The van der Waals surface area contributed by atoms with Crippen molar-refractivity contribution in [1.29, 1.82) is 0 Å². The molecule has 2 aliphatic rings. The summed E-state index contributed by atoms with van der Waals surface area (Å²) >= 11 is 1.54. The molecule has 1 aromatic carbocycles. The van der Waals surface area contributed by atoms with Crippen molar-refractivity contribution < 1.29 is 14.3 Å². The average Bonchev–Trinajstić information content (AvgIpc) is 3.19. The monoisotopic (exact) mass is 441 g/mol. The molecule has 6 nitrogen and oxygen atoms in total. The highest BCUT2D eigenvalue weighted by Crippen LogP contribution is 2.33. The van der Waals surface area contributed by atoms with E-state index in [1.807, 2.05) is 68.4 Å². The van der Waals surface area contributed by atoms with Crippen LogP contribution in [0.5, 0.6) is 0 Å². The molecule has 0 N–H and O–H groups in total. The molecule has 2 fully saturated rings. The fourth-order valence-electron chi connectivity index (χ4n) is 4.62. The number of rotatable bonds is 4. The van der Waals surface area contributed by atoms with Crippen LogP contribution in [-0.4, -0.2) is 78.5 Å². The molecule has 0 radical (unpaired) electrons. The second-order valence-electron chi connectivity index (χ2n) is 8.87. The van der Waals surface area contributed by atoms with Crippen molar-refractivity contribution in [2.75, 3.05) is 40.3 Å². The summed E-state index contributed by atoms with van der Waals surface area (Å²) in [7, 11) is 3.89. The first-order valence-corrected chi connectivity index (χ1v) is 11.7. The van der Waals surface area contributed by atoms with Gasteiger partial charge >= 0.3 is 0 Å². The van der Waals surface area contributed by atoms with Crippen LogP contribution in [0.1, 0.15) is 33.0 Å². The van der Waals surface area contributed by atoms with E-state index in [-0.39, 0.29) is 17.4 Å². The Morgan fingerprint density at radius 2 is 1.87 bits per heavy atom. The van der Waals surface area contributed by atoms with Crippen molar-refractivity contribution in [3.8, 4) is 0 Å². The lowest BCUT2D eigenvalue weighted by atomic mass is 9.88. The number of aryl methyl sites for hydroxylation is 1. The molecular formula is C24H31N3O3S. The van der Waals surface area contributed by atoms with Gasteiger partial charge in [0, 0.05) is 44.6 Å².